The van der Waals surface area contributed by atoms with Gasteiger partial charge in [0.05, 0.1) is 27.1 Å². The van der Waals surface area contributed by atoms with Crippen molar-refractivity contribution in [3.8, 4) is 0 Å². The van der Waals surface area contributed by atoms with Crippen LogP contribution >= 0.6 is 35.0 Å². The zero-order valence-corrected chi connectivity index (χ0v) is 14.1. The van der Waals surface area contributed by atoms with Crippen molar-refractivity contribution in [3.63, 3.8) is 0 Å². The van der Waals surface area contributed by atoms with Crippen molar-refractivity contribution < 1.29 is 0 Å². The summed E-state index contributed by atoms with van der Waals surface area (Å²) in [5.41, 5.74) is 2.33. The van der Waals surface area contributed by atoms with Crippen LogP contribution in [0.3, 0.4) is 0 Å². The molecule has 0 bridgehead atoms. The monoisotopic (exact) mass is 346 g/mol. The van der Waals surface area contributed by atoms with Crippen LogP contribution in [0.5, 0.6) is 0 Å². The van der Waals surface area contributed by atoms with Crippen molar-refractivity contribution in [1.29, 1.82) is 0 Å². The maximum absolute atomic E-state index is 6.27. The van der Waals surface area contributed by atoms with Gasteiger partial charge in [-0.25, -0.2) is 0 Å². The average molecular weight is 347 g/mol. The van der Waals surface area contributed by atoms with E-state index >= 15 is 0 Å². The third-order valence-electron chi connectivity index (χ3n) is 2.93. The van der Waals surface area contributed by atoms with Gasteiger partial charge in [0.1, 0.15) is 11.4 Å². The number of benzene rings is 1. The van der Waals surface area contributed by atoms with Gasteiger partial charge in [0.25, 0.3) is 0 Å². The lowest BCUT2D eigenvalue weighted by Gasteiger charge is -2.27. The second-order valence-corrected chi connectivity index (χ2v) is 7.68. The Hall–Kier alpha value is -0.560. The van der Waals surface area contributed by atoms with Crippen LogP contribution in [0.25, 0.3) is 0 Å². The molecule has 2 heterocycles. The topological polar surface area (TPSA) is 49.1 Å². The Labute approximate surface area is 135 Å². The Morgan fingerprint density at radius 2 is 1.95 bits per heavy atom. The van der Waals surface area contributed by atoms with Gasteiger partial charge in [0.15, 0.2) is 5.17 Å². The van der Waals surface area contributed by atoms with Gasteiger partial charge in [-0.05, 0) is 11.5 Å². The summed E-state index contributed by atoms with van der Waals surface area (Å²) in [7, 11) is 0. The summed E-state index contributed by atoms with van der Waals surface area (Å²) in [5.74, 6) is 1.02. The summed E-state index contributed by atoms with van der Waals surface area (Å²) in [6.07, 6.45) is 0. The van der Waals surface area contributed by atoms with E-state index in [0.29, 0.717) is 21.4 Å². The lowest BCUT2D eigenvalue weighted by atomic mass is 9.97. The summed E-state index contributed by atoms with van der Waals surface area (Å²) in [5, 5.41) is 5.18. The average Bonchev–Trinajstić information content (AvgIpc) is 2.86. The molecule has 2 aliphatic heterocycles. The van der Waals surface area contributed by atoms with Crippen LogP contribution in [0.4, 0.5) is 17.1 Å². The first kappa shape index (κ1) is 14.4. The number of halogens is 2. The molecule has 106 valence electrons. The van der Waals surface area contributed by atoms with Crippen molar-refractivity contribution >= 4 is 68.5 Å². The zero-order valence-electron chi connectivity index (χ0n) is 10.9. The van der Waals surface area contributed by atoms with E-state index in [1.54, 1.807) is 17.8 Å². The van der Waals surface area contributed by atoms with Gasteiger partial charge in [-0.3, -0.25) is 4.99 Å². The molecule has 0 atom stereocenters. The molecule has 0 aliphatic carbocycles. The second-order valence-electron chi connectivity index (χ2n) is 5.38. The van der Waals surface area contributed by atoms with E-state index in [1.165, 1.54) is 0 Å². The minimum absolute atomic E-state index is 0.233. The Morgan fingerprint density at radius 3 is 2.65 bits per heavy atom. The van der Waals surface area contributed by atoms with Crippen LogP contribution in [-0.2, 0) is 11.4 Å². The fourth-order valence-electron chi connectivity index (χ4n) is 1.82. The lowest BCUT2D eigenvalue weighted by Crippen LogP contribution is -2.27. The molecule has 0 saturated carbocycles. The molecule has 1 N–H and O–H groups in total. The smallest absolute Gasteiger partial charge is 0.161 e. The van der Waals surface area contributed by atoms with Crippen molar-refractivity contribution in [2.24, 2.45) is 19.1 Å². The number of nitrogens with zero attached hydrogens (tertiary/aromatic N) is 3. The van der Waals surface area contributed by atoms with Crippen LogP contribution in [-0.4, -0.2) is 17.5 Å². The number of aliphatic imine (C=N–C) groups is 1. The van der Waals surface area contributed by atoms with Gasteiger partial charge in [0.2, 0.25) is 0 Å². The van der Waals surface area contributed by atoms with E-state index < -0.39 is 0 Å². The number of thioether (sulfide) groups is 1. The van der Waals surface area contributed by atoms with Crippen molar-refractivity contribution in [2.75, 3.05) is 17.6 Å². The minimum atomic E-state index is 0.233. The van der Waals surface area contributed by atoms with Crippen LogP contribution in [0, 0.1) is 5.41 Å². The fourth-order valence-corrected chi connectivity index (χ4v) is 3.92. The Kier molecular flexibility index (Phi) is 3.83. The van der Waals surface area contributed by atoms with Crippen molar-refractivity contribution in [1.82, 2.24) is 0 Å². The van der Waals surface area contributed by atoms with Crippen LogP contribution in [0.1, 0.15) is 13.8 Å². The van der Waals surface area contributed by atoms with E-state index in [-0.39, 0.29) is 5.41 Å². The summed E-state index contributed by atoms with van der Waals surface area (Å²) < 4.78 is 8.46. The Morgan fingerprint density at radius 1 is 1.20 bits per heavy atom. The molecule has 0 fully saturated rings. The second kappa shape index (κ2) is 5.33. The number of rotatable bonds is 1. The molecular weight excluding hydrogens is 335 g/mol. The Balaban J connectivity index is 1.92. The van der Waals surface area contributed by atoms with Crippen molar-refractivity contribution in [3.05, 3.63) is 16.1 Å². The molecule has 0 amide bonds. The van der Waals surface area contributed by atoms with Crippen molar-refractivity contribution in [2.45, 2.75) is 13.8 Å². The molecule has 0 spiro atoms. The minimum Gasteiger partial charge on any atom is -0.332 e. The van der Waals surface area contributed by atoms with E-state index in [4.69, 9.17) is 23.2 Å². The number of hydrogen-bond acceptors (Lipinski definition) is 5. The van der Waals surface area contributed by atoms with Crippen LogP contribution < -0.4 is 5.32 Å². The molecule has 3 rings (SSSR count). The highest BCUT2D eigenvalue weighted by Gasteiger charge is 2.25. The molecule has 0 saturated heterocycles. The van der Waals surface area contributed by atoms with Crippen LogP contribution in [0.2, 0.25) is 10.0 Å². The highest BCUT2D eigenvalue weighted by Crippen LogP contribution is 2.48. The van der Waals surface area contributed by atoms with Gasteiger partial charge < -0.3 is 5.32 Å². The summed E-state index contributed by atoms with van der Waals surface area (Å²) in [6.45, 7) is 5.21. The number of anilines is 1. The lowest BCUT2D eigenvalue weighted by molar-refractivity contribution is 0.438. The highest BCUT2D eigenvalue weighted by molar-refractivity contribution is 8.14. The first-order valence-electron chi connectivity index (χ1n) is 6.01. The summed E-state index contributed by atoms with van der Waals surface area (Å²) in [6, 6.07) is 1.69. The quantitative estimate of drug-likeness (QED) is 0.765. The predicted molar refractivity (Wildman–Crippen MR) is 90.2 cm³/mol. The normalized spacial score (nSPS) is 19.3. The number of fused-ring (bicyclic) bond motifs is 1. The molecule has 0 aromatic heterocycles. The largest absolute Gasteiger partial charge is 0.332 e. The number of hydrogen-bond donors (Lipinski definition) is 1. The molecule has 0 unspecified atom stereocenters. The highest BCUT2D eigenvalue weighted by atomic mass is 35.5. The molecule has 1 aromatic rings. The molecule has 0 radical (unpaired) electrons. The van der Waals surface area contributed by atoms with E-state index in [1.807, 2.05) is 0 Å². The standard InChI is InChI=1S/C12H12Cl2N4S2/c1-12(2)4-15-11(19-5-12)16-8-6(13)3-7(14)9-10(8)18-20-17-9/h3H,4-5H2,1-2H3,(H,15,16). The Bertz CT molecular complexity index is 679. The van der Waals surface area contributed by atoms with E-state index in [2.05, 4.69) is 32.9 Å². The number of amidine groups is 1. The predicted octanol–water partition coefficient (Wildman–Crippen LogP) is 5.26. The zero-order chi connectivity index (χ0) is 14.3. The molecule has 2 aliphatic rings. The third kappa shape index (κ3) is 2.74. The van der Waals surface area contributed by atoms with Gasteiger partial charge in [-0.1, -0.05) is 48.8 Å². The first-order valence-corrected chi connectivity index (χ1v) is 8.48. The van der Waals surface area contributed by atoms with E-state index in [9.17, 15) is 0 Å². The molecule has 4 nitrogen and oxygen atoms in total. The molecular formula is C12H12Cl2N4S2. The van der Waals surface area contributed by atoms with E-state index in [0.717, 1.165) is 34.5 Å². The van der Waals surface area contributed by atoms with Gasteiger partial charge >= 0.3 is 0 Å². The SMILES string of the molecule is CC1(C)CN=C(Nc2c(Cl)cc(Cl)c3c2N=S=N3)SC1. The molecule has 8 heteroatoms. The maximum atomic E-state index is 6.27. The maximum Gasteiger partial charge on any atom is 0.161 e. The van der Waals surface area contributed by atoms with Crippen LogP contribution in [0.15, 0.2) is 19.8 Å². The van der Waals surface area contributed by atoms with Gasteiger partial charge in [0, 0.05) is 12.3 Å². The third-order valence-corrected chi connectivity index (χ3v) is 5.47. The van der Waals surface area contributed by atoms with Gasteiger partial charge in [-0.15, -0.1) is 0 Å². The number of nitrogens with one attached hydrogen (secondary N) is 1. The summed E-state index contributed by atoms with van der Waals surface area (Å²) in [4.78, 5) is 4.56. The summed E-state index contributed by atoms with van der Waals surface area (Å²) >= 11 is 15.2. The van der Waals surface area contributed by atoms with Gasteiger partial charge in [-0.2, -0.15) is 8.73 Å². The molecule has 1 aromatic carbocycles. The molecule has 20 heavy (non-hydrogen) atoms. The fraction of sp³-hybridized carbons (Fsp3) is 0.417. The first-order chi connectivity index (χ1) is 9.46.